The summed E-state index contributed by atoms with van der Waals surface area (Å²) in [5.41, 5.74) is 1.78. The lowest BCUT2D eigenvalue weighted by Gasteiger charge is -2.12. The zero-order valence-corrected chi connectivity index (χ0v) is 15.0. The van der Waals surface area contributed by atoms with Gasteiger partial charge in [-0.1, -0.05) is 12.1 Å². The van der Waals surface area contributed by atoms with Gasteiger partial charge in [-0.25, -0.2) is 0 Å². The Morgan fingerprint density at radius 3 is 2.92 bits per heavy atom. The number of carbonyl (C=O) groups is 1. The molecule has 1 fully saturated rings. The van der Waals surface area contributed by atoms with Crippen LogP contribution in [0, 0.1) is 5.92 Å². The van der Waals surface area contributed by atoms with Crippen LogP contribution in [0.5, 0.6) is 17.2 Å². The Kier molecular flexibility index (Phi) is 5.85. The van der Waals surface area contributed by atoms with Gasteiger partial charge in [0.05, 0.1) is 5.92 Å². The monoisotopic (exact) mass is 376 g/mol. The molecule has 138 valence electrons. The molecule has 1 amide bonds. The first kappa shape index (κ1) is 18.4. The fraction of sp³-hybridized carbons (Fsp3) is 0.316. The molecule has 2 heterocycles. The van der Waals surface area contributed by atoms with E-state index < -0.39 is 0 Å². The van der Waals surface area contributed by atoms with Crippen molar-refractivity contribution in [3.8, 4) is 17.2 Å². The highest BCUT2D eigenvalue weighted by Gasteiger charge is 2.22. The van der Waals surface area contributed by atoms with E-state index in [4.69, 9.17) is 14.2 Å². The van der Waals surface area contributed by atoms with E-state index in [1.165, 1.54) is 0 Å². The van der Waals surface area contributed by atoms with E-state index in [0.717, 1.165) is 42.3 Å². The molecule has 0 radical (unpaired) electrons. The molecule has 2 N–H and O–H groups in total. The molecule has 4 rings (SSSR count). The molecular weight excluding hydrogens is 356 g/mol. The molecule has 1 unspecified atom stereocenters. The quantitative estimate of drug-likeness (QED) is 0.839. The summed E-state index contributed by atoms with van der Waals surface area (Å²) in [6.07, 6.45) is 0.888. The maximum absolute atomic E-state index is 12.2. The third-order valence-corrected chi connectivity index (χ3v) is 4.38. The van der Waals surface area contributed by atoms with Crippen molar-refractivity contribution in [1.29, 1.82) is 0 Å². The van der Waals surface area contributed by atoms with Gasteiger partial charge >= 0.3 is 0 Å². The van der Waals surface area contributed by atoms with Crippen LogP contribution >= 0.6 is 12.4 Å². The van der Waals surface area contributed by atoms with Crippen LogP contribution in [-0.2, 0) is 11.4 Å². The highest BCUT2D eigenvalue weighted by Crippen LogP contribution is 2.35. The highest BCUT2D eigenvalue weighted by molar-refractivity contribution is 5.92. The van der Waals surface area contributed by atoms with Gasteiger partial charge in [0, 0.05) is 18.3 Å². The third-order valence-electron chi connectivity index (χ3n) is 4.38. The van der Waals surface area contributed by atoms with Gasteiger partial charge in [-0.15, -0.1) is 12.4 Å². The molecule has 0 aliphatic carbocycles. The Morgan fingerprint density at radius 2 is 2.08 bits per heavy atom. The zero-order chi connectivity index (χ0) is 17.1. The number of ether oxygens (including phenoxy) is 3. The molecule has 0 saturated carbocycles. The fourth-order valence-electron chi connectivity index (χ4n) is 2.99. The molecule has 26 heavy (non-hydrogen) atoms. The number of benzene rings is 2. The lowest BCUT2D eigenvalue weighted by molar-refractivity contribution is -0.119. The van der Waals surface area contributed by atoms with E-state index in [1.54, 1.807) is 0 Å². The Bertz CT molecular complexity index is 778. The zero-order valence-electron chi connectivity index (χ0n) is 14.2. The maximum atomic E-state index is 12.2. The summed E-state index contributed by atoms with van der Waals surface area (Å²) in [6, 6.07) is 13.2. The average Bonchev–Trinajstić information content (AvgIpc) is 3.31. The van der Waals surface area contributed by atoms with Crippen LogP contribution in [-0.4, -0.2) is 25.8 Å². The minimum atomic E-state index is 0. The van der Waals surface area contributed by atoms with Crippen molar-refractivity contribution >= 4 is 24.0 Å². The van der Waals surface area contributed by atoms with E-state index in [2.05, 4.69) is 10.6 Å². The normalized spacial score (nSPS) is 17.5. The Hall–Kier alpha value is -2.44. The summed E-state index contributed by atoms with van der Waals surface area (Å²) < 4.78 is 16.5. The fourth-order valence-corrected chi connectivity index (χ4v) is 2.99. The first-order chi connectivity index (χ1) is 12.3. The lowest BCUT2D eigenvalue weighted by Crippen LogP contribution is -2.24. The van der Waals surface area contributed by atoms with Gasteiger partial charge in [-0.05, 0) is 42.8 Å². The van der Waals surface area contributed by atoms with Crippen LogP contribution in [0.3, 0.4) is 0 Å². The third kappa shape index (κ3) is 4.20. The summed E-state index contributed by atoms with van der Waals surface area (Å²) in [5, 5.41) is 6.19. The predicted molar refractivity (Wildman–Crippen MR) is 100 cm³/mol. The number of halogens is 1. The molecule has 1 atom stereocenters. The van der Waals surface area contributed by atoms with E-state index in [0.29, 0.717) is 12.4 Å². The molecule has 2 aromatic carbocycles. The number of nitrogens with one attached hydrogen (secondary N) is 2. The van der Waals surface area contributed by atoms with E-state index in [9.17, 15) is 4.79 Å². The lowest BCUT2D eigenvalue weighted by atomic mass is 10.1. The summed E-state index contributed by atoms with van der Waals surface area (Å²) in [7, 11) is 0. The van der Waals surface area contributed by atoms with Crippen LogP contribution in [0.15, 0.2) is 42.5 Å². The summed E-state index contributed by atoms with van der Waals surface area (Å²) >= 11 is 0. The van der Waals surface area contributed by atoms with Crippen LogP contribution in [0.2, 0.25) is 0 Å². The molecule has 7 heteroatoms. The van der Waals surface area contributed by atoms with Crippen molar-refractivity contribution in [2.45, 2.75) is 13.0 Å². The molecule has 1 saturated heterocycles. The van der Waals surface area contributed by atoms with Gasteiger partial charge in [0.1, 0.15) is 12.4 Å². The minimum Gasteiger partial charge on any atom is -0.489 e. The number of hydrogen-bond acceptors (Lipinski definition) is 5. The van der Waals surface area contributed by atoms with Gasteiger partial charge in [0.15, 0.2) is 11.5 Å². The van der Waals surface area contributed by atoms with Crippen LogP contribution < -0.4 is 24.8 Å². The van der Waals surface area contributed by atoms with Gasteiger partial charge in [-0.2, -0.15) is 0 Å². The SMILES string of the molecule is Cl.O=C(Nc1cccc(COc2ccc3c(c2)OCO3)c1)C1CCNC1. The van der Waals surface area contributed by atoms with Gasteiger partial charge in [0.25, 0.3) is 0 Å². The summed E-state index contributed by atoms with van der Waals surface area (Å²) in [5.74, 6) is 2.27. The largest absolute Gasteiger partial charge is 0.489 e. The van der Waals surface area contributed by atoms with Crippen molar-refractivity contribution in [3.05, 3.63) is 48.0 Å². The molecular formula is C19H21ClN2O4. The second kappa shape index (κ2) is 8.29. The van der Waals surface area contributed by atoms with Crippen molar-refractivity contribution in [3.63, 3.8) is 0 Å². The van der Waals surface area contributed by atoms with Crippen LogP contribution in [0.1, 0.15) is 12.0 Å². The summed E-state index contributed by atoms with van der Waals surface area (Å²) in [4.78, 5) is 12.2. The van der Waals surface area contributed by atoms with Gasteiger partial charge in [-0.3, -0.25) is 4.79 Å². The number of amides is 1. The molecule has 2 aromatic rings. The van der Waals surface area contributed by atoms with Crippen molar-refractivity contribution < 1.29 is 19.0 Å². The maximum Gasteiger partial charge on any atom is 0.231 e. The molecule has 2 aliphatic rings. The predicted octanol–water partition coefficient (Wildman–Crippen LogP) is 2.96. The van der Waals surface area contributed by atoms with Crippen molar-refractivity contribution in [2.24, 2.45) is 5.92 Å². The van der Waals surface area contributed by atoms with Crippen molar-refractivity contribution in [2.75, 3.05) is 25.2 Å². The Labute approximate surface area is 158 Å². The van der Waals surface area contributed by atoms with Gasteiger partial charge < -0.3 is 24.8 Å². The van der Waals surface area contributed by atoms with Crippen molar-refractivity contribution in [1.82, 2.24) is 5.32 Å². The highest BCUT2D eigenvalue weighted by atomic mass is 35.5. The number of rotatable bonds is 5. The smallest absolute Gasteiger partial charge is 0.231 e. The first-order valence-electron chi connectivity index (χ1n) is 8.41. The molecule has 6 nitrogen and oxygen atoms in total. The number of anilines is 1. The number of fused-ring (bicyclic) bond motifs is 1. The molecule has 0 bridgehead atoms. The average molecular weight is 377 g/mol. The Morgan fingerprint density at radius 1 is 1.19 bits per heavy atom. The second-order valence-electron chi connectivity index (χ2n) is 6.18. The number of hydrogen-bond donors (Lipinski definition) is 2. The minimum absolute atomic E-state index is 0. The first-order valence-corrected chi connectivity index (χ1v) is 8.41. The molecule has 0 spiro atoms. The topological polar surface area (TPSA) is 68.8 Å². The summed E-state index contributed by atoms with van der Waals surface area (Å²) in [6.45, 7) is 2.31. The van der Waals surface area contributed by atoms with E-state index in [1.807, 2.05) is 42.5 Å². The Balaban J connectivity index is 0.00000196. The van der Waals surface area contributed by atoms with Crippen LogP contribution in [0.25, 0.3) is 0 Å². The molecule has 2 aliphatic heterocycles. The van der Waals surface area contributed by atoms with E-state index in [-0.39, 0.29) is 31.0 Å². The van der Waals surface area contributed by atoms with Gasteiger partial charge in [0.2, 0.25) is 12.7 Å². The number of carbonyl (C=O) groups excluding carboxylic acids is 1. The van der Waals surface area contributed by atoms with Crippen LogP contribution in [0.4, 0.5) is 5.69 Å². The second-order valence-corrected chi connectivity index (χ2v) is 6.18. The molecule has 0 aromatic heterocycles. The van der Waals surface area contributed by atoms with E-state index >= 15 is 0 Å². The standard InChI is InChI=1S/C19H20N2O4.ClH/c22-19(14-6-7-20-10-14)21-15-3-1-2-13(8-15)11-23-16-4-5-17-18(9-16)25-12-24-17;/h1-5,8-9,14,20H,6-7,10-12H2,(H,21,22);1H.